The van der Waals surface area contributed by atoms with Crippen molar-refractivity contribution in [3.63, 3.8) is 0 Å². The lowest BCUT2D eigenvalue weighted by Gasteiger charge is -2.21. The molecule has 0 bridgehead atoms. The first-order valence-electron chi connectivity index (χ1n) is 3.38. The fraction of sp³-hybridized carbons (Fsp3) is 0.800. The largest absolute Gasteiger partial charge is 0.770 e. The Morgan fingerprint density at radius 3 is 3.00 bits per heavy atom. The lowest BCUT2D eigenvalue weighted by Crippen LogP contribution is -2.40. The molecule has 2 heterocycles. The van der Waals surface area contributed by atoms with Gasteiger partial charge >= 0.3 is 0 Å². The van der Waals surface area contributed by atoms with Crippen molar-refractivity contribution in [3.8, 4) is 0 Å². The second-order valence-corrected chi connectivity index (χ2v) is 2.60. The minimum absolute atomic E-state index is 0.104. The molecule has 1 atom stereocenters. The minimum atomic E-state index is -0.199. The van der Waals surface area contributed by atoms with Crippen molar-refractivity contribution in [1.82, 2.24) is 15.7 Å². The quantitative estimate of drug-likeness (QED) is 0.492. The molecule has 2 aliphatic heterocycles. The van der Waals surface area contributed by atoms with Crippen molar-refractivity contribution >= 4 is 5.91 Å². The van der Waals surface area contributed by atoms with E-state index in [-0.39, 0.29) is 18.6 Å². The molecule has 1 unspecified atom stereocenters. The van der Waals surface area contributed by atoms with Gasteiger partial charge in [-0.25, -0.2) is 0 Å². The Balaban J connectivity index is 1.87. The van der Waals surface area contributed by atoms with E-state index in [0.29, 0.717) is 18.3 Å². The number of hydrogen-bond acceptors (Lipinski definition) is 5. The van der Waals surface area contributed by atoms with Crippen LogP contribution in [0.25, 0.3) is 0 Å². The van der Waals surface area contributed by atoms with E-state index in [1.165, 1.54) is 5.01 Å². The molecule has 6 heteroatoms. The number of nitrogens with one attached hydrogen (secondary N) is 1. The maximum atomic E-state index is 10.9. The molecular weight excluding hydrogens is 150 g/mol. The van der Waals surface area contributed by atoms with Crippen LogP contribution in [0, 0.1) is 5.21 Å². The van der Waals surface area contributed by atoms with E-state index < -0.39 is 0 Å². The third kappa shape index (κ3) is 1.48. The van der Waals surface area contributed by atoms with Crippen LogP contribution in [-0.4, -0.2) is 41.9 Å². The highest BCUT2D eigenvalue weighted by Gasteiger charge is 2.30. The van der Waals surface area contributed by atoms with E-state index in [1.807, 2.05) is 0 Å². The molecule has 0 radical (unpaired) electrons. The van der Waals surface area contributed by atoms with E-state index in [2.05, 4.69) is 5.53 Å². The molecule has 0 aromatic heterocycles. The van der Waals surface area contributed by atoms with Crippen molar-refractivity contribution in [1.29, 1.82) is 0 Å². The van der Waals surface area contributed by atoms with Gasteiger partial charge in [-0.05, 0) is 0 Å². The third-order valence-electron chi connectivity index (χ3n) is 1.60. The van der Waals surface area contributed by atoms with Gasteiger partial charge in [0, 0.05) is 0 Å². The van der Waals surface area contributed by atoms with Gasteiger partial charge in [-0.2, -0.15) is 5.53 Å². The number of hydrogen-bond donors (Lipinski definition) is 1. The van der Waals surface area contributed by atoms with Crippen LogP contribution in [-0.2, 0) is 9.53 Å². The second-order valence-electron chi connectivity index (χ2n) is 2.60. The molecule has 2 rings (SSSR count). The maximum Gasteiger partial charge on any atom is 0.252 e. The van der Waals surface area contributed by atoms with Crippen LogP contribution in [0.5, 0.6) is 0 Å². The van der Waals surface area contributed by atoms with Gasteiger partial charge in [0.15, 0.2) is 0 Å². The summed E-state index contributed by atoms with van der Waals surface area (Å²) in [6.45, 7) is 1.05. The first-order valence-corrected chi connectivity index (χ1v) is 3.38. The van der Waals surface area contributed by atoms with Gasteiger partial charge in [-0.1, -0.05) is 0 Å². The molecule has 0 spiro atoms. The Kier molecular flexibility index (Phi) is 1.53. The Morgan fingerprint density at radius 1 is 1.82 bits per heavy atom. The molecule has 6 nitrogen and oxygen atoms in total. The Bertz CT molecular complexity index is 182. The average molecular weight is 158 g/mol. The predicted molar refractivity (Wildman–Crippen MR) is 34.7 cm³/mol. The van der Waals surface area contributed by atoms with Crippen molar-refractivity contribution < 1.29 is 9.53 Å². The fourth-order valence-corrected chi connectivity index (χ4v) is 0.954. The molecule has 2 saturated heterocycles. The number of hydrazine groups is 2. The third-order valence-corrected chi connectivity index (χ3v) is 1.60. The summed E-state index contributed by atoms with van der Waals surface area (Å²) < 4.78 is 4.90. The normalized spacial score (nSPS) is 31.5. The van der Waals surface area contributed by atoms with Gasteiger partial charge in [-0.3, -0.25) is 15.0 Å². The van der Waals surface area contributed by atoms with E-state index in [4.69, 9.17) is 4.74 Å². The van der Waals surface area contributed by atoms with Crippen LogP contribution >= 0.6 is 0 Å². The van der Waals surface area contributed by atoms with Crippen LogP contribution in [0.4, 0.5) is 0 Å². The summed E-state index contributed by atoms with van der Waals surface area (Å²) in [7, 11) is 0. The van der Waals surface area contributed by atoms with Crippen LogP contribution in [0.3, 0.4) is 0 Å². The molecule has 62 valence electrons. The molecule has 2 aliphatic rings. The van der Waals surface area contributed by atoms with Gasteiger partial charge < -0.3 is 9.94 Å². The topological polar surface area (TPSA) is 71.2 Å². The zero-order valence-corrected chi connectivity index (χ0v) is 5.82. The van der Waals surface area contributed by atoms with E-state index in [0.717, 1.165) is 0 Å². The lowest BCUT2D eigenvalue weighted by atomic mass is 10.4. The van der Waals surface area contributed by atoms with Crippen molar-refractivity contribution in [2.75, 3.05) is 19.7 Å². The average Bonchev–Trinajstić information content (AvgIpc) is 2.64. The Hall–Kier alpha value is -0.690. The Morgan fingerprint density at radius 2 is 2.55 bits per heavy atom. The summed E-state index contributed by atoms with van der Waals surface area (Å²) in [5, 5.41) is 12.4. The zero-order valence-electron chi connectivity index (χ0n) is 5.82. The molecule has 0 aromatic carbocycles. The monoisotopic (exact) mass is 158 g/mol. The maximum absolute atomic E-state index is 10.9. The summed E-state index contributed by atoms with van der Waals surface area (Å²) in [6.07, 6.45) is 0.123. The standard InChI is InChI=1S/C5H8N3O3/c9-5-2-8(10)6-7(5)1-4-3-11-4/h4,6H,1-3H2/q-1. The first-order chi connectivity index (χ1) is 5.25. The summed E-state index contributed by atoms with van der Waals surface area (Å²) in [5.41, 5.74) is 2.36. The number of epoxide rings is 1. The molecule has 2 fully saturated rings. The Labute approximate surface area is 63.2 Å². The predicted octanol–water partition coefficient (Wildman–Crippen LogP) is -1.55. The fourth-order valence-electron chi connectivity index (χ4n) is 0.954. The number of nitrogens with zero attached hydrogens (tertiary/aromatic N) is 2. The summed E-state index contributed by atoms with van der Waals surface area (Å²) in [5.74, 6) is -0.199. The van der Waals surface area contributed by atoms with Gasteiger partial charge in [0.25, 0.3) is 5.91 Å². The number of carbonyl (C=O) groups is 1. The van der Waals surface area contributed by atoms with Crippen molar-refractivity contribution in [3.05, 3.63) is 5.21 Å². The van der Waals surface area contributed by atoms with Crippen molar-refractivity contribution in [2.45, 2.75) is 6.10 Å². The lowest BCUT2D eigenvalue weighted by molar-refractivity contribution is -0.128. The van der Waals surface area contributed by atoms with E-state index >= 15 is 0 Å². The second kappa shape index (κ2) is 2.42. The van der Waals surface area contributed by atoms with Gasteiger partial charge in [0.1, 0.15) is 6.10 Å². The van der Waals surface area contributed by atoms with Crippen LogP contribution < -0.4 is 5.53 Å². The number of carbonyl (C=O) groups excluding carboxylic acids is 1. The number of rotatable bonds is 2. The summed E-state index contributed by atoms with van der Waals surface area (Å²) in [6, 6.07) is 0. The van der Waals surface area contributed by atoms with Crippen molar-refractivity contribution in [2.24, 2.45) is 0 Å². The highest BCUT2D eigenvalue weighted by molar-refractivity contribution is 5.79. The highest BCUT2D eigenvalue weighted by atomic mass is 16.6. The molecule has 1 N–H and O–H groups in total. The SMILES string of the molecule is O=C1CN([O-])NN1CC1CO1. The molecule has 0 aliphatic carbocycles. The van der Waals surface area contributed by atoms with Gasteiger partial charge in [0.05, 0.1) is 19.7 Å². The van der Waals surface area contributed by atoms with Crippen LogP contribution in [0.15, 0.2) is 0 Å². The number of hydroxylamine groups is 1. The van der Waals surface area contributed by atoms with E-state index in [1.54, 1.807) is 0 Å². The molecule has 0 aromatic rings. The van der Waals surface area contributed by atoms with Gasteiger partial charge in [-0.15, -0.1) is 0 Å². The molecule has 0 saturated carbocycles. The minimum Gasteiger partial charge on any atom is -0.770 e. The van der Waals surface area contributed by atoms with Gasteiger partial charge in [0.2, 0.25) is 0 Å². The zero-order chi connectivity index (χ0) is 7.84. The molecule has 11 heavy (non-hydrogen) atoms. The van der Waals surface area contributed by atoms with Crippen LogP contribution in [0.1, 0.15) is 0 Å². The van der Waals surface area contributed by atoms with Crippen LogP contribution in [0.2, 0.25) is 0 Å². The molecule has 1 amide bonds. The highest BCUT2D eigenvalue weighted by Crippen LogP contribution is 2.11. The molecular formula is C5H8N3O3-. The first kappa shape index (κ1) is 6.99. The smallest absolute Gasteiger partial charge is 0.252 e. The van der Waals surface area contributed by atoms with E-state index in [9.17, 15) is 10.0 Å². The number of ether oxygens (including phenoxy) is 1. The number of amides is 1. The summed E-state index contributed by atoms with van der Waals surface area (Å²) in [4.78, 5) is 10.9. The summed E-state index contributed by atoms with van der Waals surface area (Å²) >= 11 is 0.